The van der Waals surface area contributed by atoms with E-state index >= 15 is 0 Å². The fourth-order valence-electron chi connectivity index (χ4n) is 7.53. The van der Waals surface area contributed by atoms with Gasteiger partial charge in [-0.25, -0.2) is 0 Å². The number of hydrogen-bond acceptors (Lipinski definition) is 1. The number of rotatable bonds is 0. The van der Waals surface area contributed by atoms with Crippen molar-refractivity contribution >= 4 is 0 Å². The van der Waals surface area contributed by atoms with E-state index in [4.69, 9.17) is 0 Å². The second-order valence-corrected chi connectivity index (χ2v) is 9.89. The molecule has 1 N–H and O–H groups in total. The summed E-state index contributed by atoms with van der Waals surface area (Å²) in [6.07, 6.45) is 11.6. The van der Waals surface area contributed by atoms with Crippen molar-refractivity contribution in [3.8, 4) is 0 Å². The average Bonchev–Trinajstić information content (AvgIpc) is 2.68. The Kier molecular flexibility index (Phi) is 3.20. The maximum absolute atomic E-state index is 11.0. The van der Waals surface area contributed by atoms with Crippen molar-refractivity contribution in [3.05, 3.63) is 12.2 Å². The molecule has 0 bridgehead atoms. The zero-order valence-electron chi connectivity index (χ0n) is 14.8. The molecule has 0 radical (unpaired) electrons. The van der Waals surface area contributed by atoms with Gasteiger partial charge in [0.25, 0.3) is 0 Å². The Morgan fingerprint density at radius 3 is 2.45 bits per heavy atom. The number of aliphatic hydroxyl groups is 1. The Morgan fingerprint density at radius 2 is 1.68 bits per heavy atom. The molecule has 0 spiro atoms. The van der Waals surface area contributed by atoms with Crippen LogP contribution in [0.25, 0.3) is 0 Å². The molecule has 0 unspecified atom stereocenters. The lowest BCUT2D eigenvalue weighted by Crippen LogP contribution is -2.55. The highest BCUT2D eigenvalue weighted by atomic mass is 16.3. The van der Waals surface area contributed by atoms with Gasteiger partial charge in [0, 0.05) is 0 Å². The summed E-state index contributed by atoms with van der Waals surface area (Å²) in [4.78, 5) is 0. The van der Waals surface area contributed by atoms with Crippen molar-refractivity contribution in [1.29, 1.82) is 0 Å². The minimum atomic E-state index is -0.434. The van der Waals surface area contributed by atoms with E-state index in [2.05, 4.69) is 27.4 Å². The summed E-state index contributed by atoms with van der Waals surface area (Å²) >= 11 is 0. The van der Waals surface area contributed by atoms with E-state index in [-0.39, 0.29) is 5.41 Å². The van der Waals surface area contributed by atoms with E-state index in [1.165, 1.54) is 56.9 Å². The first-order chi connectivity index (χ1) is 10.3. The molecule has 4 rings (SSSR count). The van der Waals surface area contributed by atoms with Crippen LogP contribution in [0.5, 0.6) is 0 Å². The molecule has 0 heterocycles. The molecule has 0 aliphatic heterocycles. The standard InChI is InChI=1S/C21H34O/c1-14-5-6-15-7-8-16-17(19(15,2)13-14)9-11-20(3)18(16)10-12-21(20,4)22/h15-18,22H,1,5-13H2,2-4H3/t15-,16+,17-,18+,19+,20+,21+/m1/s1. The van der Waals surface area contributed by atoms with E-state index in [1.807, 2.05) is 0 Å². The molecule has 124 valence electrons. The van der Waals surface area contributed by atoms with Crippen molar-refractivity contribution in [2.24, 2.45) is 34.5 Å². The summed E-state index contributed by atoms with van der Waals surface area (Å²) in [6.45, 7) is 11.5. The van der Waals surface area contributed by atoms with Gasteiger partial charge in [-0.15, -0.1) is 0 Å². The zero-order chi connectivity index (χ0) is 15.8. The lowest BCUT2D eigenvalue weighted by atomic mass is 9.44. The minimum Gasteiger partial charge on any atom is -0.390 e. The predicted molar refractivity (Wildman–Crippen MR) is 91.5 cm³/mol. The van der Waals surface area contributed by atoms with Crippen molar-refractivity contribution < 1.29 is 5.11 Å². The van der Waals surface area contributed by atoms with Gasteiger partial charge in [-0.1, -0.05) is 26.0 Å². The third-order valence-corrected chi connectivity index (χ3v) is 9.10. The van der Waals surface area contributed by atoms with Crippen LogP contribution in [-0.4, -0.2) is 10.7 Å². The van der Waals surface area contributed by atoms with Gasteiger partial charge in [0.15, 0.2) is 0 Å². The van der Waals surface area contributed by atoms with Crippen molar-refractivity contribution in [1.82, 2.24) is 0 Å². The average molecular weight is 303 g/mol. The van der Waals surface area contributed by atoms with Crippen molar-refractivity contribution in [2.75, 3.05) is 0 Å². The monoisotopic (exact) mass is 302 g/mol. The molecule has 4 aliphatic rings. The molecule has 0 amide bonds. The SMILES string of the molecule is C=C1CC[C@@H]2CC[C@H]3[C@@H](CC[C@@]4(C)[C@H]3CC[C@]4(C)O)[C@@]2(C)C1. The largest absolute Gasteiger partial charge is 0.390 e. The molecular formula is C21H34O. The van der Waals surface area contributed by atoms with Crippen LogP contribution >= 0.6 is 0 Å². The van der Waals surface area contributed by atoms with Crippen LogP contribution in [0.3, 0.4) is 0 Å². The Hall–Kier alpha value is -0.300. The predicted octanol–water partition coefficient (Wildman–Crippen LogP) is 5.34. The highest BCUT2D eigenvalue weighted by Crippen LogP contribution is 2.68. The molecule has 1 nitrogen and oxygen atoms in total. The van der Waals surface area contributed by atoms with E-state index in [0.29, 0.717) is 5.41 Å². The van der Waals surface area contributed by atoms with Gasteiger partial charge in [-0.05, 0) is 99.2 Å². The Labute approximate surface area is 136 Å². The van der Waals surface area contributed by atoms with Crippen LogP contribution in [0.2, 0.25) is 0 Å². The molecule has 4 fully saturated rings. The van der Waals surface area contributed by atoms with E-state index in [1.54, 1.807) is 0 Å². The lowest BCUT2D eigenvalue weighted by molar-refractivity contribution is -0.141. The molecule has 4 saturated carbocycles. The molecule has 0 aromatic carbocycles. The topological polar surface area (TPSA) is 20.2 Å². The van der Waals surface area contributed by atoms with Gasteiger partial charge < -0.3 is 5.11 Å². The second kappa shape index (κ2) is 4.62. The third kappa shape index (κ3) is 1.81. The maximum atomic E-state index is 11.0. The van der Waals surface area contributed by atoms with Gasteiger partial charge >= 0.3 is 0 Å². The summed E-state index contributed by atoms with van der Waals surface area (Å²) in [5.74, 6) is 3.44. The van der Waals surface area contributed by atoms with E-state index in [9.17, 15) is 5.11 Å². The fraction of sp³-hybridized carbons (Fsp3) is 0.905. The lowest BCUT2D eigenvalue weighted by Gasteiger charge is -2.61. The first-order valence-electron chi connectivity index (χ1n) is 9.67. The fourth-order valence-corrected chi connectivity index (χ4v) is 7.53. The van der Waals surface area contributed by atoms with Crippen LogP contribution in [0, 0.1) is 34.5 Å². The summed E-state index contributed by atoms with van der Waals surface area (Å²) in [5.41, 5.74) is 1.75. The highest BCUT2D eigenvalue weighted by molar-refractivity contribution is 5.16. The Morgan fingerprint density at radius 1 is 0.955 bits per heavy atom. The van der Waals surface area contributed by atoms with Gasteiger partial charge in [-0.2, -0.15) is 0 Å². The summed E-state index contributed by atoms with van der Waals surface area (Å²) in [5, 5.41) is 11.0. The summed E-state index contributed by atoms with van der Waals surface area (Å²) in [6, 6.07) is 0. The van der Waals surface area contributed by atoms with Gasteiger partial charge in [-0.3, -0.25) is 0 Å². The van der Waals surface area contributed by atoms with Crippen molar-refractivity contribution in [2.45, 2.75) is 84.2 Å². The van der Waals surface area contributed by atoms with Crippen molar-refractivity contribution in [3.63, 3.8) is 0 Å². The first-order valence-corrected chi connectivity index (χ1v) is 9.67. The summed E-state index contributed by atoms with van der Waals surface area (Å²) < 4.78 is 0. The quantitative estimate of drug-likeness (QED) is 0.599. The van der Waals surface area contributed by atoms with Crippen LogP contribution in [0.4, 0.5) is 0 Å². The Balaban J connectivity index is 1.67. The summed E-state index contributed by atoms with van der Waals surface area (Å²) in [7, 11) is 0. The number of allylic oxidation sites excluding steroid dienone is 1. The van der Waals surface area contributed by atoms with Crippen LogP contribution in [0.15, 0.2) is 12.2 Å². The molecular weight excluding hydrogens is 268 g/mol. The molecule has 7 atom stereocenters. The highest BCUT2D eigenvalue weighted by Gasteiger charge is 2.62. The van der Waals surface area contributed by atoms with Gasteiger partial charge in [0.2, 0.25) is 0 Å². The smallest absolute Gasteiger partial charge is 0.0675 e. The third-order valence-electron chi connectivity index (χ3n) is 9.10. The zero-order valence-corrected chi connectivity index (χ0v) is 14.8. The van der Waals surface area contributed by atoms with Gasteiger partial charge in [0.1, 0.15) is 0 Å². The normalized spacial score (nSPS) is 57.9. The van der Waals surface area contributed by atoms with Gasteiger partial charge in [0.05, 0.1) is 5.60 Å². The minimum absolute atomic E-state index is 0.170. The first kappa shape index (κ1) is 15.2. The van der Waals surface area contributed by atoms with Crippen LogP contribution < -0.4 is 0 Å². The second-order valence-electron chi connectivity index (χ2n) is 9.89. The molecule has 0 aromatic rings. The molecule has 0 aromatic heterocycles. The van der Waals surface area contributed by atoms with E-state index < -0.39 is 5.60 Å². The number of fused-ring (bicyclic) bond motifs is 5. The van der Waals surface area contributed by atoms with Crippen LogP contribution in [0.1, 0.15) is 78.6 Å². The maximum Gasteiger partial charge on any atom is 0.0675 e. The molecule has 1 heteroatoms. The van der Waals surface area contributed by atoms with E-state index in [0.717, 1.165) is 30.1 Å². The molecule has 0 saturated heterocycles. The Bertz CT molecular complexity index is 492. The van der Waals surface area contributed by atoms with Crippen LogP contribution in [-0.2, 0) is 0 Å². The number of hydrogen-bond donors (Lipinski definition) is 1. The molecule has 22 heavy (non-hydrogen) atoms. The molecule has 4 aliphatic carbocycles.